The molecule has 0 saturated heterocycles. The molecular weight excluding hydrogens is 253 g/mol. The number of nitrogens with one attached hydrogen (secondary N) is 1. The molecule has 2 rings (SSSR count). The molecule has 1 amide bonds. The molecule has 5 nitrogen and oxygen atoms in total. The minimum Gasteiger partial charge on any atom is -0.417 e. The van der Waals surface area contributed by atoms with Gasteiger partial charge in [0.05, 0.1) is 12.0 Å². The quantitative estimate of drug-likeness (QED) is 0.846. The molecule has 1 N–H and O–H groups in total. The molecule has 19 heavy (non-hydrogen) atoms. The Morgan fingerprint density at radius 2 is 2.21 bits per heavy atom. The maximum absolute atomic E-state index is 13.1. The highest BCUT2D eigenvalue weighted by Crippen LogP contribution is 2.13. The number of hydrogen-bond donors (Lipinski definition) is 1. The van der Waals surface area contributed by atoms with Crippen molar-refractivity contribution < 1.29 is 18.3 Å². The number of methoxy groups -OCH3 is 1. The summed E-state index contributed by atoms with van der Waals surface area (Å²) < 4.78 is 22.8. The zero-order valence-electron chi connectivity index (χ0n) is 10.2. The fraction of sp³-hybridized carbons (Fsp3) is 0.231. The van der Waals surface area contributed by atoms with Crippen molar-refractivity contribution in [3.8, 4) is 0 Å². The third-order valence-corrected chi connectivity index (χ3v) is 2.54. The van der Waals surface area contributed by atoms with Gasteiger partial charge in [-0.2, -0.15) is 0 Å². The molecule has 0 saturated carbocycles. The van der Waals surface area contributed by atoms with Crippen LogP contribution in [-0.4, -0.2) is 26.2 Å². The van der Waals surface area contributed by atoms with Gasteiger partial charge in [0, 0.05) is 13.7 Å². The number of hydrogen-bond acceptors (Lipinski definition) is 4. The monoisotopic (exact) mass is 265 g/mol. The molecule has 0 spiro atoms. The topological polar surface area (TPSA) is 68.5 Å². The van der Waals surface area contributed by atoms with Crippen LogP contribution in [0, 0.1) is 5.82 Å². The number of carbonyl (C=O) groups excluding carboxylic acids is 1. The molecule has 0 unspecified atom stereocenters. The van der Waals surface area contributed by atoms with Crippen molar-refractivity contribution in [3.63, 3.8) is 0 Å². The summed E-state index contributed by atoms with van der Waals surface area (Å²) in [4.78, 5) is 23.4. The fourth-order valence-corrected chi connectivity index (χ4v) is 1.63. The Hall–Kier alpha value is -2.21. The van der Waals surface area contributed by atoms with Crippen LogP contribution in [-0.2, 0) is 4.74 Å². The van der Waals surface area contributed by atoms with Crippen LogP contribution in [0.5, 0.6) is 0 Å². The van der Waals surface area contributed by atoms with Gasteiger partial charge >= 0.3 is 5.63 Å². The predicted octanol–water partition coefficient (Wildman–Crippen LogP) is 1.31. The first-order valence-electron chi connectivity index (χ1n) is 5.62. The SMILES string of the molecule is COCCNC(=O)c1cc2cc(F)ccc2c(=O)o1. The average Bonchev–Trinajstić information content (AvgIpc) is 2.38. The summed E-state index contributed by atoms with van der Waals surface area (Å²) in [7, 11) is 1.51. The van der Waals surface area contributed by atoms with Gasteiger partial charge in [-0.25, -0.2) is 9.18 Å². The minimum absolute atomic E-state index is 0.154. The molecule has 0 fully saturated rings. The molecule has 1 aromatic heterocycles. The maximum atomic E-state index is 13.1. The summed E-state index contributed by atoms with van der Waals surface area (Å²) in [6.45, 7) is 0.637. The molecule has 2 aromatic rings. The van der Waals surface area contributed by atoms with Crippen LogP contribution in [0.1, 0.15) is 10.6 Å². The largest absolute Gasteiger partial charge is 0.417 e. The first-order valence-corrected chi connectivity index (χ1v) is 5.62. The van der Waals surface area contributed by atoms with Gasteiger partial charge in [0.2, 0.25) is 0 Å². The Kier molecular flexibility index (Phi) is 3.91. The van der Waals surface area contributed by atoms with Crippen LogP contribution in [0.3, 0.4) is 0 Å². The van der Waals surface area contributed by atoms with Gasteiger partial charge in [-0.05, 0) is 29.7 Å². The fourth-order valence-electron chi connectivity index (χ4n) is 1.63. The van der Waals surface area contributed by atoms with Crippen LogP contribution in [0.15, 0.2) is 33.5 Å². The molecule has 0 aliphatic carbocycles. The Morgan fingerprint density at radius 1 is 1.42 bits per heavy atom. The zero-order valence-corrected chi connectivity index (χ0v) is 10.2. The molecular formula is C13H12FNO4. The van der Waals surface area contributed by atoms with Crippen LogP contribution in [0.2, 0.25) is 0 Å². The molecule has 0 aliphatic rings. The van der Waals surface area contributed by atoms with Crippen LogP contribution in [0.4, 0.5) is 4.39 Å². The number of rotatable bonds is 4. The number of ether oxygens (including phenoxy) is 1. The molecule has 1 heterocycles. The van der Waals surface area contributed by atoms with E-state index in [0.29, 0.717) is 18.5 Å². The Bertz CT molecular complexity index is 665. The smallest absolute Gasteiger partial charge is 0.344 e. The summed E-state index contributed by atoms with van der Waals surface area (Å²) in [5, 5.41) is 3.07. The van der Waals surface area contributed by atoms with Crippen molar-refractivity contribution in [1.29, 1.82) is 0 Å². The van der Waals surface area contributed by atoms with Crippen LogP contribution < -0.4 is 10.9 Å². The second kappa shape index (κ2) is 5.62. The first-order chi connectivity index (χ1) is 9.11. The van der Waals surface area contributed by atoms with E-state index >= 15 is 0 Å². The number of halogens is 1. The second-order valence-electron chi connectivity index (χ2n) is 3.88. The number of fused-ring (bicyclic) bond motifs is 1. The molecule has 0 atom stereocenters. The molecule has 0 aliphatic heterocycles. The van der Waals surface area contributed by atoms with Crippen molar-refractivity contribution in [2.45, 2.75) is 0 Å². The van der Waals surface area contributed by atoms with Gasteiger partial charge in [0.1, 0.15) is 5.82 Å². The van der Waals surface area contributed by atoms with Crippen molar-refractivity contribution in [2.75, 3.05) is 20.3 Å². The van der Waals surface area contributed by atoms with Gasteiger partial charge in [0.15, 0.2) is 5.76 Å². The maximum Gasteiger partial charge on any atom is 0.344 e. The standard InChI is InChI=1S/C13H12FNO4/c1-18-5-4-15-12(16)11-7-8-6-9(14)2-3-10(8)13(17)19-11/h2-3,6-7H,4-5H2,1H3,(H,15,16). The van der Waals surface area contributed by atoms with Crippen LogP contribution in [0.25, 0.3) is 10.8 Å². The van der Waals surface area contributed by atoms with E-state index in [1.165, 1.54) is 25.3 Å². The lowest BCUT2D eigenvalue weighted by atomic mass is 10.1. The normalized spacial score (nSPS) is 10.6. The second-order valence-corrected chi connectivity index (χ2v) is 3.88. The van der Waals surface area contributed by atoms with Crippen molar-refractivity contribution in [2.24, 2.45) is 0 Å². The summed E-state index contributed by atoms with van der Waals surface area (Å²) in [6, 6.07) is 5.00. The van der Waals surface area contributed by atoms with Crippen molar-refractivity contribution in [3.05, 3.63) is 46.3 Å². The average molecular weight is 265 g/mol. The third-order valence-electron chi connectivity index (χ3n) is 2.54. The predicted molar refractivity (Wildman–Crippen MR) is 66.7 cm³/mol. The molecule has 1 aromatic carbocycles. The van der Waals surface area contributed by atoms with Gasteiger partial charge in [-0.15, -0.1) is 0 Å². The lowest BCUT2D eigenvalue weighted by molar-refractivity contribution is 0.0905. The van der Waals surface area contributed by atoms with Gasteiger partial charge in [-0.3, -0.25) is 4.79 Å². The van der Waals surface area contributed by atoms with E-state index in [1.54, 1.807) is 0 Å². The van der Waals surface area contributed by atoms with Gasteiger partial charge in [0.25, 0.3) is 5.91 Å². The third kappa shape index (κ3) is 2.97. The summed E-state index contributed by atoms with van der Waals surface area (Å²) in [5.74, 6) is -1.18. The van der Waals surface area contributed by atoms with E-state index in [-0.39, 0.29) is 11.1 Å². The van der Waals surface area contributed by atoms with E-state index in [0.717, 1.165) is 6.07 Å². The summed E-state index contributed by atoms with van der Waals surface area (Å²) in [5.41, 5.74) is -0.672. The van der Waals surface area contributed by atoms with E-state index in [4.69, 9.17) is 9.15 Å². The Labute approximate surface area is 108 Å². The molecule has 0 radical (unpaired) electrons. The highest BCUT2D eigenvalue weighted by atomic mass is 19.1. The van der Waals surface area contributed by atoms with Crippen molar-refractivity contribution in [1.82, 2.24) is 5.32 Å². The van der Waals surface area contributed by atoms with Gasteiger partial charge in [-0.1, -0.05) is 0 Å². The zero-order chi connectivity index (χ0) is 13.8. The Morgan fingerprint density at radius 3 is 2.95 bits per heavy atom. The summed E-state index contributed by atoms with van der Waals surface area (Å²) >= 11 is 0. The minimum atomic E-state index is -0.672. The van der Waals surface area contributed by atoms with E-state index in [2.05, 4.69) is 5.32 Å². The lowest BCUT2D eigenvalue weighted by Crippen LogP contribution is -2.27. The molecule has 6 heteroatoms. The van der Waals surface area contributed by atoms with E-state index in [9.17, 15) is 14.0 Å². The molecule has 0 bridgehead atoms. The molecule has 100 valence electrons. The van der Waals surface area contributed by atoms with Crippen molar-refractivity contribution >= 4 is 16.7 Å². The lowest BCUT2D eigenvalue weighted by Gasteiger charge is -2.04. The van der Waals surface area contributed by atoms with E-state index in [1.807, 2.05) is 0 Å². The number of benzene rings is 1. The van der Waals surface area contributed by atoms with Gasteiger partial charge < -0.3 is 14.5 Å². The summed E-state index contributed by atoms with van der Waals surface area (Å²) in [6.07, 6.45) is 0. The first kappa shape index (κ1) is 13.2. The van der Waals surface area contributed by atoms with Crippen LogP contribution >= 0.6 is 0 Å². The Balaban J connectivity index is 2.34. The van der Waals surface area contributed by atoms with E-state index < -0.39 is 17.3 Å². The number of amides is 1. The number of carbonyl (C=O) groups is 1. The highest BCUT2D eigenvalue weighted by molar-refractivity contribution is 5.95. The highest BCUT2D eigenvalue weighted by Gasteiger charge is 2.12.